The van der Waals surface area contributed by atoms with E-state index in [0.29, 0.717) is 30.5 Å². The Labute approximate surface area is 153 Å². The molecule has 0 radical (unpaired) electrons. The van der Waals surface area contributed by atoms with E-state index in [9.17, 15) is 5.11 Å². The predicted octanol–water partition coefficient (Wildman–Crippen LogP) is 3.03. The van der Waals surface area contributed by atoms with E-state index >= 15 is 0 Å². The average molecular weight is 346 g/mol. The van der Waals surface area contributed by atoms with Gasteiger partial charge in [0.25, 0.3) is 0 Å². The summed E-state index contributed by atoms with van der Waals surface area (Å²) in [6.45, 7) is 9.42. The van der Waals surface area contributed by atoms with Gasteiger partial charge in [0.2, 0.25) is 0 Å². The summed E-state index contributed by atoms with van der Waals surface area (Å²) in [5.41, 5.74) is 2.65. The zero-order valence-corrected chi connectivity index (χ0v) is 16.1. The van der Waals surface area contributed by atoms with Crippen LogP contribution in [0.25, 0.3) is 0 Å². The molecule has 0 bridgehead atoms. The number of rotatable bonds is 5. The molecule has 0 aliphatic carbocycles. The second kappa shape index (κ2) is 8.52. The maximum atomic E-state index is 9.29. The van der Waals surface area contributed by atoms with Crippen molar-refractivity contribution in [2.45, 2.75) is 51.7 Å². The summed E-state index contributed by atoms with van der Waals surface area (Å²) in [5, 5.41) is 13.1. The number of benzene rings is 1. The molecule has 3 rings (SSSR count). The summed E-state index contributed by atoms with van der Waals surface area (Å²) in [6.07, 6.45) is 3.45. The third kappa shape index (κ3) is 4.96. The van der Waals surface area contributed by atoms with E-state index in [0.717, 1.165) is 32.5 Å². The maximum absolute atomic E-state index is 9.29. The van der Waals surface area contributed by atoms with Crippen molar-refractivity contribution in [3.05, 3.63) is 29.8 Å². The molecule has 2 N–H and O–H groups in total. The van der Waals surface area contributed by atoms with Gasteiger partial charge >= 0.3 is 0 Å². The van der Waals surface area contributed by atoms with Crippen LogP contribution in [-0.2, 0) is 6.54 Å². The van der Waals surface area contributed by atoms with Crippen LogP contribution < -0.4 is 5.32 Å². The first-order chi connectivity index (χ1) is 12.0. The number of aliphatic hydroxyl groups is 1. The topological polar surface area (TPSA) is 38.7 Å². The SMILES string of the molecule is CC1CN(C)C(C)CC1Nc1cccc(CN2CCC(CO)CC2)c1. The molecule has 0 saturated carbocycles. The molecule has 1 aromatic carbocycles. The molecular weight excluding hydrogens is 310 g/mol. The Morgan fingerprint density at radius 2 is 1.96 bits per heavy atom. The van der Waals surface area contributed by atoms with Gasteiger partial charge in [-0.2, -0.15) is 0 Å². The fourth-order valence-corrected chi connectivity index (χ4v) is 4.30. The monoisotopic (exact) mass is 345 g/mol. The Kier molecular flexibility index (Phi) is 6.37. The maximum Gasteiger partial charge on any atom is 0.0460 e. The fraction of sp³-hybridized carbons (Fsp3) is 0.714. The molecule has 140 valence electrons. The summed E-state index contributed by atoms with van der Waals surface area (Å²) in [6, 6.07) is 10.2. The molecule has 0 amide bonds. The highest BCUT2D eigenvalue weighted by Gasteiger charge is 2.28. The number of likely N-dealkylation sites (tertiary alicyclic amines) is 2. The van der Waals surface area contributed by atoms with Crippen molar-refractivity contribution < 1.29 is 5.11 Å². The lowest BCUT2D eigenvalue weighted by Crippen LogP contribution is -2.48. The second-order valence-corrected chi connectivity index (χ2v) is 8.35. The van der Waals surface area contributed by atoms with Crippen LogP contribution >= 0.6 is 0 Å². The van der Waals surface area contributed by atoms with Crippen LogP contribution in [0, 0.1) is 11.8 Å². The molecule has 2 saturated heterocycles. The van der Waals surface area contributed by atoms with E-state index < -0.39 is 0 Å². The quantitative estimate of drug-likeness (QED) is 0.860. The van der Waals surface area contributed by atoms with Gasteiger partial charge in [-0.25, -0.2) is 0 Å². The molecule has 4 heteroatoms. The lowest BCUT2D eigenvalue weighted by atomic mass is 9.89. The van der Waals surface area contributed by atoms with Crippen LogP contribution in [-0.4, -0.2) is 60.3 Å². The minimum atomic E-state index is 0.348. The predicted molar refractivity (Wildman–Crippen MR) is 105 cm³/mol. The van der Waals surface area contributed by atoms with Gasteiger partial charge < -0.3 is 15.3 Å². The number of hydrogen-bond donors (Lipinski definition) is 2. The Morgan fingerprint density at radius 3 is 2.68 bits per heavy atom. The minimum Gasteiger partial charge on any atom is -0.396 e. The van der Waals surface area contributed by atoms with Crippen molar-refractivity contribution in [3.63, 3.8) is 0 Å². The van der Waals surface area contributed by atoms with Crippen LogP contribution in [0.3, 0.4) is 0 Å². The van der Waals surface area contributed by atoms with Crippen molar-refractivity contribution >= 4 is 5.69 Å². The van der Waals surface area contributed by atoms with Crippen LogP contribution in [0.1, 0.15) is 38.7 Å². The number of hydrogen-bond acceptors (Lipinski definition) is 4. The van der Waals surface area contributed by atoms with E-state index in [4.69, 9.17) is 0 Å². The van der Waals surface area contributed by atoms with Gasteiger partial charge in [-0.15, -0.1) is 0 Å². The molecule has 25 heavy (non-hydrogen) atoms. The first kappa shape index (κ1) is 18.7. The van der Waals surface area contributed by atoms with Crippen LogP contribution in [0.4, 0.5) is 5.69 Å². The molecule has 3 atom stereocenters. The number of nitrogens with zero attached hydrogens (tertiary/aromatic N) is 2. The van der Waals surface area contributed by atoms with E-state index in [-0.39, 0.29) is 0 Å². The van der Waals surface area contributed by atoms with Gasteiger partial charge in [0.1, 0.15) is 0 Å². The van der Waals surface area contributed by atoms with Crippen molar-refractivity contribution in [2.75, 3.05) is 38.6 Å². The third-order valence-electron chi connectivity index (χ3n) is 6.26. The van der Waals surface area contributed by atoms with Gasteiger partial charge in [0, 0.05) is 37.5 Å². The molecule has 2 aliphatic heterocycles. The molecule has 3 unspecified atom stereocenters. The van der Waals surface area contributed by atoms with Crippen LogP contribution in [0.2, 0.25) is 0 Å². The molecular formula is C21H35N3O. The Bertz CT molecular complexity index is 542. The molecule has 0 aromatic heterocycles. The summed E-state index contributed by atoms with van der Waals surface area (Å²) in [5.74, 6) is 1.18. The van der Waals surface area contributed by atoms with Crippen LogP contribution in [0.5, 0.6) is 0 Å². The molecule has 4 nitrogen and oxygen atoms in total. The van der Waals surface area contributed by atoms with E-state index in [1.54, 1.807) is 0 Å². The standard InChI is InChI=1S/C21H35N3O/c1-16-13-23(3)17(2)11-21(16)22-20-6-4-5-19(12-20)14-24-9-7-18(15-25)8-10-24/h4-6,12,16-18,21-22,25H,7-11,13-15H2,1-3H3. The smallest absolute Gasteiger partial charge is 0.0460 e. The number of nitrogens with one attached hydrogen (secondary N) is 1. The zero-order chi connectivity index (χ0) is 17.8. The first-order valence-corrected chi connectivity index (χ1v) is 9.94. The summed E-state index contributed by atoms with van der Waals surface area (Å²) < 4.78 is 0. The molecule has 1 aromatic rings. The van der Waals surface area contributed by atoms with E-state index in [1.165, 1.54) is 24.2 Å². The zero-order valence-electron chi connectivity index (χ0n) is 16.1. The Morgan fingerprint density at radius 1 is 1.20 bits per heavy atom. The molecule has 2 heterocycles. The Balaban J connectivity index is 1.56. The van der Waals surface area contributed by atoms with Crippen LogP contribution in [0.15, 0.2) is 24.3 Å². The lowest BCUT2D eigenvalue weighted by Gasteiger charge is -2.40. The minimum absolute atomic E-state index is 0.348. The summed E-state index contributed by atoms with van der Waals surface area (Å²) in [4.78, 5) is 4.99. The van der Waals surface area contributed by atoms with Gasteiger partial charge in [-0.3, -0.25) is 4.90 Å². The highest BCUT2D eigenvalue weighted by molar-refractivity contribution is 5.46. The van der Waals surface area contributed by atoms with Crippen molar-refractivity contribution in [3.8, 4) is 0 Å². The highest BCUT2D eigenvalue weighted by atomic mass is 16.3. The average Bonchev–Trinajstić information content (AvgIpc) is 2.61. The van der Waals surface area contributed by atoms with E-state index in [1.807, 2.05) is 0 Å². The number of piperidine rings is 2. The largest absolute Gasteiger partial charge is 0.396 e. The normalized spacial score (nSPS) is 29.7. The van der Waals surface area contributed by atoms with Gasteiger partial charge in [-0.05, 0) is 75.9 Å². The summed E-state index contributed by atoms with van der Waals surface area (Å²) >= 11 is 0. The third-order valence-corrected chi connectivity index (χ3v) is 6.26. The molecule has 0 spiro atoms. The highest BCUT2D eigenvalue weighted by Crippen LogP contribution is 2.25. The lowest BCUT2D eigenvalue weighted by molar-refractivity contribution is 0.127. The fourth-order valence-electron chi connectivity index (χ4n) is 4.30. The van der Waals surface area contributed by atoms with Crippen molar-refractivity contribution in [1.82, 2.24) is 9.80 Å². The molecule has 2 fully saturated rings. The van der Waals surface area contributed by atoms with Gasteiger partial charge in [0.05, 0.1) is 0 Å². The number of aliphatic hydroxyl groups excluding tert-OH is 1. The van der Waals surface area contributed by atoms with Gasteiger partial charge in [-0.1, -0.05) is 19.1 Å². The Hall–Kier alpha value is -1.10. The number of anilines is 1. The van der Waals surface area contributed by atoms with Gasteiger partial charge in [0.15, 0.2) is 0 Å². The van der Waals surface area contributed by atoms with E-state index in [2.05, 4.69) is 60.3 Å². The first-order valence-electron chi connectivity index (χ1n) is 9.94. The second-order valence-electron chi connectivity index (χ2n) is 8.35. The van der Waals surface area contributed by atoms with Crippen molar-refractivity contribution in [1.29, 1.82) is 0 Å². The molecule has 2 aliphatic rings. The summed E-state index contributed by atoms with van der Waals surface area (Å²) in [7, 11) is 2.23. The van der Waals surface area contributed by atoms with Crippen molar-refractivity contribution in [2.24, 2.45) is 11.8 Å².